The molecule has 1 amide bonds. The zero-order valence-electron chi connectivity index (χ0n) is 12.7. The molecule has 0 saturated carbocycles. The van der Waals surface area contributed by atoms with Crippen LogP contribution in [-0.2, 0) is 19.7 Å². The van der Waals surface area contributed by atoms with Crippen molar-refractivity contribution in [2.45, 2.75) is 18.6 Å². The van der Waals surface area contributed by atoms with Crippen molar-refractivity contribution in [3.8, 4) is 0 Å². The lowest BCUT2D eigenvalue weighted by Crippen LogP contribution is -2.42. The number of amides is 1. The van der Waals surface area contributed by atoms with Crippen LogP contribution in [0.15, 0.2) is 30.3 Å². The van der Waals surface area contributed by atoms with Crippen LogP contribution in [0.2, 0.25) is 0 Å². The fraction of sp³-hybridized carbons (Fsp3) is 0.400. The highest BCUT2D eigenvalue weighted by Gasteiger charge is 2.37. The lowest BCUT2D eigenvalue weighted by atomic mass is 10.1. The van der Waals surface area contributed by atoms with E-state index in [9.17, 15) is 26.7 Å². The number of allylic oxidation sites excluding steroid dienone is 1. The molecule has 1 fully saturated rings. The van der Waals surface area contributed by atoms with Gasteiger partial charge >= 0.3 is 0 Å². The van der Waals surface area contributed by atoms with Crippen molar-refractivity contribution in [2.75, 3.05) is 17.3 Å². The Hall–Kier alpha value is -1.71. The Morgan fingerprint density at radius 2 is 1.92 bits per heavy atom. The first-order chi connectivity index (χ1) is 11.2. The third-order valence-corrected chi connectivity index (χ3v) is 7.66. The Morgan fingerprint density at radius 3 is 2.50 bits per heavy atom. The highest BCUT2D eigenvalue weighted by molar-refractivity contribution is 8.00. The number of rotatable bonds is 3. The number of carbonyl (C=O) groups excluding carboxylic acids is 1. The molecule has 2 heterocycles. The summed E-state index contributed by atoms with van der Waals surface area (Å²) < 4.78 is 46.9. The van der Waals surface area contributed by atoms with Crippen LogP contribution in [0.25, 0.3) is 4.91 Å². The van der Waals surface area contributed by atoms with Crippen LogP contribution in [-0.4, -0.2) is 57.3 Å². The topological polar surface area (TPSA) is 118 Å². The molecule has 9 heteroatoms. The molecular formula is C15H17NO6S2. The summed E-state index contributed by atoms with van der Waals surface area (Å²) in [6.07, 6.45) is 0.930. The minimum Gasteiger partial charge on any atom is -0.390 e. The number of aliphatic hydroxyl groups excluding tert-OH is 1. The van der Waals surface area contributed by atoms with E-state index in [-0.39, 0.29) is 27.7 Å². The summed E-state index contributed by atoms with van der Waals surface area (Å²) in [7, 11) is -6.68. The molecule has 0 spiro atoms. The molecule has 2 aliphatic heterocycles. The summed E-state index contributed by atoms with van der Waals surface area (Å²) >= 11 is 0. The van der Waals surface area contributed by atoms with Crippen molar-refractivity contribution >= 4 is 30.5 Å². The molecule has 0 unspecified atom stereocenters. The van der Waals surface area contributed by atoms with E-state index in [2.05, 4.69) is 5.32 Å². The molecule has 24 heavy (non-hydrogen) atoms. The van der Waals surface area contributed by atoms with Crippen LogP contribution in [0, 0.1) is 0 Å². The number of aliphatic hydroxyl groups is 1. The standard InChI is InChI=1S/C15H17NO6S2/c17-13-9-23(19,20)8-12(13)16-15(18)11-4-1-3-10(7-11)14-5-2-6-24(14,21)22/h1,3-5,7,12-13,17H,2,6,8-9H2,(H,16,18)/t12-,13-/m1/s1. The third kappa shape index (κ3) is 3.38. The van der Waals surface area contributed by atoms with E-state index in [4.69, 9.17) is 0 Å². The van der Waals surface area contributed by atoms with E-state index in [1.165, 1.54) is 12.1 Å². The van der Waals surface area contributed by atoms with Crippen molar-refractivity contribution in [2.24, 2.45) is 0 Å². The molecule has 1 aromatic carbocycles. The zero-order chi connectivity index (χ0) is 17.5. The molecular weight excluding hydrogens is 354 g/mol. The molecule has 1 aromatic rings. The lowest BCUT2D eigenvalue weighted by Gasteiger charge is -2.15. The van der Waals surface area contributed by atoms with Crippen molar-refractivity contribution in [1.82, 2.24) is 5.32 Å². The van der Waals surface area contributed by atoms with Gasteiger partial charge in [-0.05, 0) is 24.1 Å². The van der Waals surface area contributed by atoms with E-state index in [0.717, 1.165) is 0 Å². The van der Waals surface area contributed by atoms with Gasteiger partial charge in [0.05, 0.1) is 34.3 Å². The van der Waals surface area contributed by atoms with Gasteiger partial charge in [0.1, 0.15) is 0 Å². The summed E-state index contributed by atoms with van der Waals surface area (Å²) in [6, 6.07) is 5.29. The fourth-order valence-corrected chi connectivity index (χ4v) is 6.16. The maximum Gasteiger partial charge on any atom is 0.251 e. The quantitative estimate of drug-likeness (QED) is 0.755. The van der Waals surface area contributed by atoms with E-state index in [0.29, 0.717) is 12.0 Å². The summed E-state index contributed by atoms with van der Waals surface area (Å²) in [5, 5.41) is 12.2. The first-order valence-corrected chi connectivity index (χ1v) is 10.9. The summed E-state index contributed by atoms with van der Waals surface area (Å²) in [5.41, 5.74) is 0.645. The minimum atomic E-state index is -3.36. The Bertz CT molecular complexity index is 917. The Morgan fingerprint density at radius 1 is 1.17 bits per heavy atom. The number of nitrogens with one attached hydrogen (secondary N) is 1. The fourth-order valence-electron chi connectivity index (χ4n) is 2.91. The maximum atomic E-state index is 12.3. The molecule has 2 N–H and O–H groups in total. The minimum absolute atomic E-state index is 0.0604. The Kier molecular flexibility index (Phi) is 4.27. The molecule has 130 valence electrons. The second-order valence-corrected chi connectivity index (χ2v) is 10.2. The molecule has 3 rings (SSSR count). The van der Waals surface area contributed by atoms with E-state index in [1.54, 1.807) is 18.2 Å². The van der Waals surface area contributed by atoms with Gasteiger partial charge in [-0.25, -0.2) is 16.8 Å². The highest BCUT2D eigenvalue weighted by atomic mass is 32.2. The number of benzene rings is 1. The average Bonchev–Trinajstić information content (AvgIpc) is 2.97. The SMILES string of the molecule is O=C(N[C@@H]1CS(=O)(=O)C[C@H]1O)c1cccc(C2=CCCS2(=O)=O)c1. The van der Waals surface area contributed by atoms with E-state index < -0.39 is 37.7 Å². The molecule has 0 aliphatic carbocycles. The number of hydrogen-bond donors (Lipinski definition) is 2. The molecule has 2 atom stereocenters. The predicted octanol–water partition coefficient (Wildman–Crippen LogP) is -0.266. The predicted molar refractivity (Wildman–Crippen MR) is 88.7 cm³/mol. The van der Waals surface area contributed by atoms with Crippen LogP contribution < -0.4 is 5.32 Å². The number of hydrogen-bond acceptors (Lipinski definition) is 6. The highest BCUT2D eigenvalue weighted by Crippen LogP contribution is 2.28. The van der Waals surface area contributed by atoms with Crippen LogP contribution in [0.5, 0.6) is 0 Å². The van der Waals surface area contributed by atoms with Gasteiger partial charge in [0, 0.05) is 5.56 Å². The van der Waals surface area contributed by atoms with Crippen molar-refractivity contribution < 1.29 is 26.7 Å². The van der Waals surface area contributed by atoms with E-state index >= 15 is 0 Å². The molecule has 0 aromatic heterocycles. The Balaban J connectivity index is 1.81. The van der Waals surface area contributed by atoms with Crippen molar-refractivity contribution in [3.05, 3.63) is 41.5 Å². The largest absolute Gasteiger partial charge is 0.390 e. The summed E-state index contributed by atoms with van der Waals surface area (Å²) in [4.78, 5) is 12.5. The zero-order valence-corrected chi connectivity index (χ0v) is 14.3. The van der Waals surface area contributed by atoms with Gasteiger partial charge in [-0.15, -0.1) is 0 Å². The molecule has 1 saturated heterocycles. The van der Waals surface area contributed by atoms with Crippen LogP contribution in [0.1, 0.15) is 22.3 Å². The van der Waals surface area contributed by atoms with Gasteiger partial charge in [0.2, 0.25) is 0 Å². The normalized spacial score (nSPS) is 27.6. The van der Waals surface area contributed by atoms with Crippen LogP contribution in [0.4, 0.5) is 0 Å². The maximum absolute atomic E-state index is 12.3. The van der Waals surface area contributed by atoms with Gasteiger partial charge in [0.15, 0.2) is 19.7 Å². The molecule has 0 bridgehead atoms. The lowest BCUT2D eigenvalue weighted by molar-refractivity contribution is 0.0888. The summed E-state index contributed by atoms with van der Waals surface area (Å²) in [5.74, 6) is -1.17. The first kappa shape index (κ1) is 17.1. The van der Waals surface area contributed by atoms with Gasteiger partial charge in [-0.1, -0.05) is 18.2 Å². The van der Waals surface area contributed by atoms with Crippen LogP contribution in [0.3, 0.4) is 0 Å². The Labute approximate surface area is 140 Å². The van der Waals surface area contributed by atoms with Gasteiger partial charge < -0.3 is 10.4 Å². The monoisotopic (exact) mass is 371 g/mol. The molecule has 2 aliphatic rings. The smallest absolute Gasteiger partial charge is 0.251 e. The number of carbonyl (C=O) groups is 1. The van der Waals surface area contributed by atoms with Gasteiger partial charge in [0.25, 0.3) is 5.91 Å². The second kappa shape index (κ2) is 5.98. The van der Waals surface area contributed by atoms with Crippen molar-refractivity contribution in [3.63, 3.8) is 0 Å². The first-order valence-electron chi connectivity index (χ1n) is 7.41. The van der Waals surface area contributed by atoms with Gasteiger partial charge in [-0.2, -0.15) is 0 Å². The molecule has 7 nitrogen and oxygen atoms in total. The second-order valence-electron chi connectivity index (χ2n) is 5.98. The summed E-state index contributed by atoms with van der Waals surface area (Å²) in [6.45, 7) is 0. The molecule has 0 radical (unpaired) electrons. The van der Waals surface area contributed by atoms with Gasteiger partial charge in [-0.3, -0.25) is 4.79 Å². The number of sulfone groups is 2. The van der Waals surface area contributed by atoms with Crippen LogP contribution >= 0.6 is 0 Å². The van der Waals surface area contributed by atoms with E-state index in [1.807, 2.05) is 0 Å². The third-order valence-electron chi connectivity index (χ3n) is 4.10. The average molecular weight is 371 g/mol. The van der Waals surface area contributed by atoms with Crippen molar-refractivity contribution in [1.29, 1.82) is 0 Å².